The lowest BCUT2D eigenvalue weighted by Gasteiger charge is -2.10. The monoisotopic (exact) mass is 360 g/mol. The number of aryl methyl sites for hydroxylation is 1. The minimum Gasteiger partial charge on any atom is -0.476 e. The SMILES string of the molecule is CCOc1nc(NCc2ncc[nH]2)nc2ccc(-c3ccc(C)cc3)nc12. The number of hydrogen-bond acceptors (Lipinski definition) is 6. The van der Waals surface area contributed by atoms with Crippen molar-refractivity contribution in [2.45, 2.75) is 20.4 Å². The van der Waals surface area contributed by atoms with E-state index in [0.29, 0.717) is 30.5 Å². The number of hydrogen-bond donors (Lipinski definition) is 2. The topological polar surface area (TPSA) is 88.6 Å². The van der Waals surface area contributed by atoms with Gasteiger partial charge in [0.2, 0.25) is 11.8 Å². The van der Waals surface area contributed by atoms with Crippen molar-refractivity contribution in [1.29, 1.82) is 0 Å². The second-order valence-corrected chi connectivity index (χ2v) is 6.11. The van der Waals surface area contributed by atoms with Gasteiger partial charge in [-0.2, -0.15) is 4.98 Å². The zero-order valence-electron chi connectivity index (χ0n) is 15.2. The fraction of sp³-hybridized carbons (Fsp3) is 0.200. The number of fused-ring (bicyclic) bond motifs is 1. The van der Waals surface area contributed by atoms with Crippen molar-refractivity contribution < 1.29 is 4.74 Å². The van der Waals surface area contributed by atoms with Gasteiger partial charge in [-0.1, -0.05) is 29.8 Å². The van der Waals surface area contributed by atoms with Crippen molar-refractivity contribution in [3.63, 3.8) is 0 Å². The summed E-state index contributed by atoms with van der Waals surface area (Å²) in [4.78, 5) is 21.0. The number of imidazole rings is 1. The number of benzene rings is 1. The fourth-order valence-electron chi connectivity index (χ4n) is 2.75. The Kier molecular flexibility index (Phi) is 4.65. The predicted molar refractivity (Wildman–Crippen MR) is 105 cm³/mol. The third-order valence-corrected chi connectivity index (χ3v) is 4.11. The number of aromatic amines is 1. The summed E-state index contributed by atoms with van der Waals surface area (Å²) in [5.74, 6) is 1.76. The minimum absolute atomic E-state index is 0.471. The van der Waals surface area contributed by atoms with Crippen molar-refractivity contribution in [3.05, 3.63) is 60.2 Å². The molecule has 7 nitrogen and oxygen atoms in total. The lowest BCUT2D eigenvalue weighted by atomic mass is 10.1. The average molecular weight is 360 g/mol. The van der Waals surface area contributed by atoms with Crippen LogP contribution in [0.3, 0.4) is 0 Å². The predicted octanol–water partition coefficient (Wildman–Crippen LogP) is 3.73. The second kappa shape index (κ2) is 7.41. The van der Waals surface area contributed by atoms with Gasteiger partial charge in [-0.15, -0.1) is 0 Å². The van der Waals surface area contributed by atoms with Crippen molar-refractivity contribution in [1.82, 2.24) is 24.9 Å². The van der Waals surface area contributed by atoms with Gasteiger partial charge in [0.05, 0.1) is 24.4 Å². The van der Waals surface area contributed by atoms with Gasteiger partial charge >= 0.3 is 0 Å². The maximum Gasteiger partial charge on any atom is 0.245 e. The highest BCUT2D eigenvalue weighted by Gasteiger charge is 2.12. The Morgan fingerprint density at radius 3 is 2.63 bits per heavy atom. The number of nitrogens with one attached hydrogen (secondary N) is 2. The van der Waals surface area contributed by atoms with Gasteiger partial charge in [0, 0.05) is 18.0 Å². The van der Waals surface area contributed by atoms with Crippen molar-refractivity contribution >= 4 is 17.0 Å². The fourth-order valence-corrected chi connectivity index (χ4v) is 2.75. The van der Waals surface area contributed by atoms with Crippen LogP contribution in [0.2, 0.25) is 0 Å². The van der Waals surface area contributed by atoms with Crippen LogP contribution in [0.15, 0.2) is 48.8 Å². The summed E-state index contributed by atoms with van der Waals surface area (Å²) in [5.41, 5.74) is 4.50. The Morgan fingerprint density at radius 1 is 1.04 bits per heavy atom. The van der Waals surface area contributed by atoms with Crippen LogP contribution < -0.4 is 10.1 Å². The number of aromatic nitrogens is 5. The molecule has 0 aliphatic heterocycles. The van der Waals surface area contributed by atoms with Crippen LogP contribution in [0, 0.1) is 6.92 Å². The summed E-state index contributed by atoms with van der Waals surface area (Å²) in [6, 6.07) is 12.2. The third-order valence-electron chi connectivity index (χ3n) is 4.11. The van der Waals surface area contributed by atoms with E-state index in [0.717, 1.165) is 22.6 Å². The van der Waals surface area contributed by atoms with Crippen LogP contribution in [-0.4, -0.2) is 31.5 Å². The zero-order valence-corrected chi connectivity index (χ0v) is 15.2. The van der Waals surface area contributed by atoms with E-state index < -0.39 is 0 Å². The van der Waals surface area contributed by atoms with Crippen molar-refractivity contribution in [2.24, 2.45) is 0 Å². The summed E-state index contributed by atoms with van der Waals surface area (Å²) < 4.78 is 5.73. The van der Waals surface area contributed by atoms with E-state index in [4.69, 9.17) is 9.72 Å². The van der Waals surface area contributed by atoms with Gasteiger partial charge in [-0.25, -0.2) is 15.0 Å². The first-order chi connectivity index (χ1) is 13.2. The van der Waals surface area contributed by atoms with Crippen LogP contribution in [0.4, 0.5) is 5.95 Å². The molecule has 3 heterocycles. The van der Waals surface area contributed by atoms with E-state index in [1.165, 1.54) is 5.56 Å². The quantitative estimate of drug-likeness (QED) is 0.545. The number of H-pyrrole nitrogens is 1. The molecule has 0 bridgehead atoms. The number of ether oxygens (including phenoxy) is 1. The Labute approximate surface area is 156 Å². The highest BCUT2D eigenvalue weighted by atomic mass is 16.5. The molecule has 0 saturated heterocycles. The van der Waals surface area contributed by atoms with Crippen LogP contribution >= 0.6 is 0 Å². The average Bonchev–Trinajstić information content (AvgIpc) is 3.21. The summed E-state index contributed by atoms with van der Waals surface area (Å²) in [5, 5.41) is 3.17. The molecule has 2 N–H and O–H groups in total. The van der Waals surface area contributed by atoms with Gasteiger partial charge in [-0.3, -0.25) is 0 Å². The molecule has 0 unspecified atom stereocenters. The summed E-state index contributed by atoms with van der Waals surface area (Å²) in [6.07, 6.45) is 3.49. The van der Waals surface area contributed by atoms with E-state index in [2.05, 4.69) is 56.4 Å². The van der Waals surface area contributed by atoms with E-state index in [-0.39, 0.29) is 0 Å². The van der Waals surface area contributed by atoms with Crippen molar-refractivity contribution in [2.75, 3.05) is 11.9 Å². The van der Waals surface area contributed by atoms with E-state index in [1.807, 2.05) is 19.1 Å². The molecule has 27 heavy (non-hydrogen) atoms. The molecule has 0 aliphatic carbocycles. The van der Waals surface area contributed by atoms with Gasteiger partial charge in [0.15, 0.2) is 5.52 Å². The molecule has 7 heteroatoms. The lowest BCUT2D eigenvalue weighted by molar-refractivity contribution is 0.330. The van der Waals surface area contributed by atoms with Crippen LogP contribution in [-0.2, 0) is 6.54 Å². The van der Waals surface area contributed by atoms with Gasteiger partial charge < -0.3 is 15.0 Å². The molecule has 0 aliphatic rings. The molecule has 0 fully saturated rings. The highest BCUT2D eigenvalue weighted by Crippen LogP contribution is 2.26. The lowest BCUT2D eigenvalue weighted by Crippen LogP contribution is -2.07. The summed E-state index contributed by atoms with van der Waals surface area (Å²) in [6.45, 7) is 4.99. The molecule has 0 spiro atoms. The third kappa shape index (κ3) is 3.72. The van der Waals surface area contributed by atoms with E-state index in [9.17, 15) is 0 Å². The zero-order chi connectivity index (χ0) is 18.6. The smallest absolute Gasteiger partial charge is 0.245 e. The molecular formula is C20H20N6O. The van der Waals surface area contributed by atoms with Crippen LogP contribution in [0.1, 0.15) is 18.3 Å². The molecule has 0 radical (unpaired) electrons. The largest absolute Gasteiger partial charge is 0.476 e. The molecule has 0 saturated carbocycles. The second-order valence-electron chi connectivity index (χ2n) is 6.11. The number of pyridine rings is 1. The molecule has 3 aromatic heterocycles. The standard InChI is InChI=1S/C20H20N6O/c1-3-27-19-18-16(25-20(26-19)23-12-17-21-10-11-22-17)9-8-15(24-18)14-6-4-13(2)5-7-14/h4-11H,3,12H2,1-2H3,(H,21,22)(H,23,25,26). The Hall–Kier alpha value is -3.48. The minimum atomic E-state index is 0.471. The van der Waals surface area contributed by atoms with Gasteiger partial charge in [-0.05, 0) is 26.0 Å². The maximum atomic E-state index is 5.73. The number of nitrogens with zero attached hydrogens (tertiary/aromatic N) is 4. The van der Waals surface area contributed by atoms with Gasteiger partial charge in [0.25, 0.3) is 0 Å². The van der Waals surface area contributed by atoms with Crippen LogP contribution in [0.5, 0.6) is 5.88 Å². The van der Waals surface area contributed by atoms with Gasteiger partial charge in [0.1, 0.15) is 5.82 Å². The Bertz CT molecular complexity index is 1040. The normalized spacial score (nSPS) is 10.9. The molecular weight excluding hydrogens is 340 g/mol. The molecule has 1 aromatic carbocycles. The van der Waals surface area contributed by atoms with Crippen LogP contribution in [0.25, 0.3) is 22.3 Å². The molecule has 4 rings (SSSR count). The molecule has 0 amide bonds. The first-order valence-electron chi connectivity index (χ1n) is 8.83. The molecule has 0 atom stereocenters. The Morgan fingerprint density at radius 2 is 1.89 bits per heavy atom. The first kappa shape index (κ1) is 17.0. The molecule has 136 valence electrons. The number of rotatable bonds is 6. The maximum absolute atomic E-state index is 5.73. The van der Waals surface area contributed by atoms with E-state index in [1.54, 1.807) is 12.4 Å². The van der Waals surface area contributed by atoms with E-state index >= 15 is 0 Å². The highest BCUT2D eigenvalue weighted by molar-refractivity contribution is 5.83. The molecule has 4 aromatic rings. The summed E-state index contributed by atoms with van der Waals surface area (Å²) >= 11 is 0. The first-order valence-corrected chi connectivity index (χ1v) is 8.83. The summed E-state index contributed by atoms with van der Waals surface area (Å²) in [7, 11) is 0. The Balaban J connectivity index is 1.70. The number of anilines is 1. The van der Waals surface area contributed by atoms with Crippen molar-refractivity contribution in [3.8, 4) is 17.1 Å².